The molecule has 1 aliphatic rings. The third kappa shape index (κ3) is 2.97. The predicted octanol–water partition coefficient (Wildman–Crippen LogP) is 4.01. The van der Waals surface area contributed by atoms with Crippen molar-refractivity contribution >= 4 is 17.4 Å². The van der Waals surface area contributed by atoms with Gasteiger partial charge in [-0.2, -0.15) is 0 Å². The molecule has 2 heterocycles. The molecule has 0 radical (unpaired) electrons. The standard InChI is InChI=1S/C15H23ClN2/c1-4-5-14-7-13(9-16)8-15(17-14)18-10-11(2)6-12(18)3/h7-8,11-12H,4-6,9-10H2,1-3H3. The molecule has 2 nitrogen and oxygen atoms in total. The Morgan fingerprint density at radius 1 is 1.39 bits per heavy atom. The maximum atomic E-state index is 6.00. The molecule has 0 saturated carbocycles. The molecule has 18 heavy (non-hydrogen) atoms. The first kappa shape index (κ1) is 13.7. The summed E-state index contributed by atoms with van der Waals surface area (Å²) < 4.78 is 0. The Balaban J connectivity index is 2.28. The lowest BCUT2D eigenvalue weighted by atomic mass is 10.1. The van der Waals surface area contributed by atoms with Gasteiger partial charge in [0.1, 0.15) is 5.82 Å². The van der Waals surface area contributed by atoms with Crippen LogP contribution in [0.4, 0.5) is 5.82 Å². The number of hydrogen-bond acceptors (Lipinski definition) is 2. The van der Waals surface area contributed by atoms with E-state index in [9.17, 15) is 0 Å². The molecule has 100 valence electrons. The third-order valence-corrected chi connectivity index (χ3v) is 3.97. The predicted molar refractivity (Wildman–Crippen MR) is 78.4 cm³/mol. The van der Waals surface area contributed by atoms with Gasteiger partial charge in [-0.1, -0.05) is 20.3 Å². The fraction of sp³-hybridized carbons (Fsp3) is 0.667. The highest BCUT2D eigenvalue weighted by atomic mass is 35.5. The first-order valence-corrected chi connectivity index (χ1v) is 7.50. The summed E-state index contributed by atoms with van der Waals surface area (Å²) in [5.41, 5.74) is 2.37. The SMILES string of the molecule is CCCc1cc(CCl)cc(N2CC(C)CC2C)n1. The van der Waals surface area contributed by atoms with Gasteiger partial charge < -0.3 is 4.90 Å². The lowest BCUT2D eigenvalue weighted by molar-refractivity contribution is 0.625. The van der Waals surface area contributed by atoms with Crippen molar-refractivity contribution in [3.8, 4) is 0 Å². The topological polar surface area (TPSA) is 16.1 Å². The quantitative estimate of drug-likeness (QED) is 0.766. The van der Waals surface area contributed by atoms with E-state index in [1.165, 1.54) is 17.7 Å². The van der Waals surface area contributed by atoms with E-state index in [0.717, 1.165) is 31.1 Å². The molecule has 1 saturated heterocycles. The number of halogens is 1. The molecule has 1 aliphatic heterocycles. The number of rotatable bonds is 4. The average Bonchev–Trinajstić information content (AvgIpc) is 2.68. The highest BCUT2D eigenvalue weighted by Crippen LogP contribution is 2.28. The molecule has 2 unspecified atom stereocenters. The molecular weight excluding hydrogens is 244 g/mol. The van der Waals surface area contributed by atoms with E-state index >= 15 is 0 Å². The van der Waals surface area contributed by atoms with E-state index in [0.29, 0.717) is 11.9 Å². The van der Waals surface area contributed by atoms with Crippen molar-refractivity contribution in [1.29, 1.82) is 0 Å². The molecule has 1 fully saturated rings. The fourth-order valence-electron chi connectivity index (χ4n) is 2.86. The van der Waals surface area contributed by atoms with E-state index in [2.05, 4.69) is 37.8 Å². The third-order valence-electron chi connectivity index (χ3n) is 3.66. The first-order chi connectivity index (χ1) is 8.63. The summed E-state index contributed by atoms with van der Waals surface area (Å²) in [5, 5.41) is 0. The van der Waals surface area contributed by atoms with Crippen molar-refractivity contribution in [3.63, 3.8) is 0 Å². The van der Waals surface area contributed by atoms with E-state index in [1.54, 1.807) is 0 Å². The summed E-state index contributed by atoms with van der Waals surface area (Å²) in [6, 6.07) is 4.89. The van der Waals surface area contributed by atoms with Crippen LogP contribution in [-0.4, -0.2) is 17.6 Å². The van der Waals surface area contributed by atoms with Crippen molar-refractivity contribution in [2.24, 2.45) is 5.92 Å². The molecule has 0 aromatic carbocycles. The van der Waals surface area contributed by atoms with Crippen molar-refractivity contribution < 1.29 is 0 Å². The second-order valence-electron chi connectivity index (χ2n) is 5.55. The van der Waals surface area contributed by atoms with Crippen LogP contribution in [0.25, 0.3) is 0 Å². The van der Waals surface area contributed by atoms with Crippen molar-refractivity contribution in [2.45, 2.75) is 52.0 Å². The Morgan fingerprint density at radius 3 is 2.72 bits per heavy atom. The number of nitrogens with zero attached hydrogens (tertiary/aromatic N) is 2. The monoisotopic (exact) mass is 266 g/mol. The molecule has 3 heteroatoms. The van der Waals surface area contributed by atoms with Crippen LogP contribution in [0.3, 0.4) is 0 Å². The van der Waals surface area contributed by atoms with Crippen molar-refractivity contribution in [1.82, 2.24) is 4.98 Å². The van der Waals surface area contributed by atoms with Gasteiger partial charge in [0.2, 0.25) is 0 Å². The molecule has 0 amide bonds. The molecule has 2 rings (SSSR count). The Bertz CT molecular complexity index is 405. The Labute approximate surface area is 115 Å². The lowest BCUT2D eigenvalue weighted by Gasteiger charge is -2.23. The maximum absolute atomic E-state index is 6.00. The van der Waals surface area contributed by atoms with Crippen LogP contribution in [0.15, 0.2) is 12.1 Å². The molecule has 1 aromatic rings. The smallest absolute Gasteiger partial charge is 0.129 e. The molecular formula is C15H23ClN2. The van der Waals surface area contributed by atoms with Crippen LogP contribution in [0, 0.1) is 5.92 Å². The Kier molecular flexibility index (Phi) is 4.50. The summed E-state index contributed by atoms with van der Waals surface area (Å²) in [5.74, 6) is 2.45. The van der Waals surface area contributed by atoms with Gasteiger partial charge in [0.25, 0.3) is 0 Å². The number of aryl methyl sites for hydroxylation is 1. The zero-order chi connectivity index (χ0) is 13.1. The van der Waals surface area contributed by atoms with Crippen molar-refractivity contribution in [3.05, 3.63) is 23.4 Å². The minimum absolute atomic E-state index is 0.573. The number of hydrogen-bond donors (Lipinski definition) is 0. The summed E-state index contributed by atoms with van der Waals surface area (Å²) in [6.45, 7) is 7.91. The molecule has 0 bridgehead atoms. The number of aromatic nitrogens is 1. The number of alkyl halides is 1. The van der Waals surface area contributed by atoms with Gasteiger partial charge in [-0.25, -0.2) is 4.98 Å². The molecule has 0 aliphatic carbocycles. The van der Waals surface area contributed by atoms with E-state index in [1.807, 2.05) is 0 Å². The van der Waals surface area contributed by atoms with E-state index in [4.69, 9.17) is 16.6 Å². The van der Waals surface area contributed by atoms with Gasteiger partial charge in [-0.05, 0) is 43.4 Å². The Morgan fingerprint density at radius 2 is 2.17 bits per heavy atom. The van der Waals surface area contributed by atoms with Crippen molar-refractivity contribution in [2.75, 3.05) is 11.4 Å². The van der Waals surface area contributed by atoms with Gasteiger partial charge in [-0.15, -0.1) is 11.6 Å². The van der Waals surface area contributed by atoms with Gasteiger partial charge in [0.15, 0.2) is 0 Å². The molecule has 2 atom stereocenters. The minimum Gasteiger partial charge on any atom is -0.354 e. The normalized spacial score (nSPS) is 23.7. The zero-order valence-electron chi connectivity index (χ0n) is 11.6. The van der Waals surface area contributed by atoms with Gasteiger partial charge >= 0.3 is 0 Å². The average molecular weight is 267 g/mol. The summed E-state index contributed by atoms with van der Waals surface area (Å²) >= 11 is 6.00. The molecule has 0 N–H and O–H groups in total. The zero-order valence-corrected chi connectivity index (χ0v) is 12.4. The molecule has 1 aromatic heterocycles. The Hall–Kier alpha value is -0.760. The summed E-state index contributed by atoms with van der Waals surface area (Å²) in [4.78, 5) is 7.24. The number of anilines is 1. The largest absolute Gasteiger partial charge is 0.354 e. The van der Waals surface area contributed by atoms with Crippen LogP contribution in [0.5, 0.6) is 0 Å². The first-order valence-electron chi connectivity index (χ1n) is 6.96. The number of pyridine rings is 1. The lowest BCUT2D eigenvalue weighted by Crippen LogP contribution is -2.28. The van der Waals surface area contributed by atoms with E-state index in [-0.39, 0.29) is 0 Å². The van der Waals surface area contributed by atoms with Crippen LogP contribution < -0.4 is 4.90 Å². The van der Waals surface area contributed by atoms with Crippen LogP contribution in [0.1, 0.15) is 44.9 Å². The minimum atomic E-state index is 0.573. The van der Waals surface area contributed by atoms with Crippen LogP contribution in [0.2, 0.25) is 0 Å². The van der Waals surface area contributed by atoms with Gasteiger partial charge in [0, 0.05) is 24.2 Å². The highest BCUT2D eigenvalue weighted by molar-refractivity contribution is 6.17. The van der Waals surface area contributed by atoms with Gasteiger partial charge in [-0.3, -0.25) is 0 Å². The van der Waals surface area contributed by atoms with Crippen LogP contribution >= 0.6 is 11.6 Å². The van der Waals surface area contributed by atoms with Crippen LogP contribution in [-0.2, 0) is 12.3 Å². The maximum Gasteiger partial charge on any atom is 0.129 e. The summed E-state index contributed by atoms with van der Waals surface area (Å²) in [7, 11) is 0. The highest BCUT2D eigenvalue weighted by Gasteiger charge is 2.27. The fourth-order valence-corrected chi connectivity index (χ4v) is 3.02. The summed E-state index contributed by atoms with van der Waals surface area (Å²) in [6.07, 6.45) is 3.43. The second-order valence-corrected chi connectivity index (χ2v) is 5.82. The van der Waals surface area contributed by atoms with Gasteiger partial charge in [0.05, 0.1) is 0 Å². The second kappa shape index (κ2) is 5.92. The molecule has 0 spiro atoms. The van der Waals surface area contributed by atoms with E-state index < -0.39 is 0 Å².